The maximum Gasteiger partial charge on any atom is 0.231 e. The van der Waals surface area contributed by atoms with Crippen LogP contribution in [0.5, 0.6) is 0 Å². The molecule has 0 fully saturated rings. The van der Waals surface area contributed by atoms with E-state index in [4.69, 9.17) is 5.73 Å². The standard InChI is InChI=1S/C36H75N.C2H6N2O/c1-3-5-7-9-11-13-15-17-19-21-23-25-27-29-31-33-35-37-36-34-32-30-28-26-24-22-20-18-16-14-12-10-8-6-4-2;3-1-2(4)5/h37H,3-36H2,1-2H3;1,3H2,(H2,4,5). The SMILES string of the molecule is CCCCCCCCCCCCCCCCCCNCCCCCCCCCCCCCCCCCC.NCC(N)=O. The molecule has 0 bridgehead atoms. The van der Waals surface area contributed by atoms with Gasteiger partial charge in [0.15, 0.2) is 0 Å². The number of nitrogens with one attached hydrogen (secondary N) is 1. The van der Waals surface area contributed by atoms with Crippen LogP contribution in [0.15, 0.2) is 0 Å². The molecule has 0 aliphatic rings. The Morgan fingerprint density at radius 3 is 0.714 bits per heavy atom. The summed E-state index contributed by atoms with van der Waals surface area (Å²) in [5, 5.41) is 3.68. The summed E-state index contributed by atoms with van der Waals surface area (Å²) in [7, 11) is 0. The van der Waals surface area contributed by atoms with E-state index in [9.17, 15) is 4.79 Å². The van der Waals surface area contributed by atoms with Crippen molar-refractivity contribution in [3.63, 3.8) is 0 Å². The van der Waals surface area contributed by atoms with Crippen LogP contribution in [0.4, 0.5) is 0 Å². The predicted octanol–water partition coefficient (Wildman–Crippen LogP) is 11.5. The number of carbonyl (C=O) groups excluding carboxylic acids is 1. The van der Waals surface area contributed by atoms with Crippen LogP contribution in [0.3, 0.4) is 0 Å². The lowest BCUT2D eigenvalue weighted by molar-refractivity contribution is -0.116. The lowest BCUT2D eigenvalue weighted by atomic mass is 10.0. The maximum absolute atomic E-state index is 9.47. The Balaban J connectivity index is 0. The van der Waals surface area contributed by atoms with Crippen LogP contribution in [0, 0.1) is 0 Å². The van der Waals surface area contributed by atoms with E-state index in [2.05, 4.69) is 24.9 Å². The fourth-order valence-corrected chi connectivity index (χ4v) is 5.72. The Hall–Kier alpha value is -0.610. The van der Waals surface area contributed by atoms with Gasteiger partial charge < -0.3 is 16.8 Å². The van der Waals surface area contributed by atoms with Crippen LogP contribution in [-0.2, 0) is 4.79 Å². The van der Waals surface area contributed by atoms with Gasteiger partial charge in [-0.15, -0.1) is 0 Å². The number of amides is 1. The highest BCUT2D eigenvalue weighted by molar-refractivity contribution is 5.75. The van der Waals surface area contributed by atoms with Gasteiger partial charge in [-0.25, -0.2) is 0 Å². The lowest BCUT2D eigenvalue weighted by Crippen LogP contribution is -2.21. The van der Waals surface area contributed by atoms with Crippen LogP contribution in [-0.4, -0.2) is 25.5 Å². The van der Waals surface area contributed by atoms with E-state index in [1.807, 2.05) is 0 Å². The average molecular weight is 596 g/mol. The monoisotopic (exact) mass is 596 g/mol. The van der Waals surface area contributed by atoms with Gasteiger partial charge in [-0.05, 0) is 25.9 Å². The van der Waals surface area contributed by atoms with Gasteiger partial charge in [0.05, 0.1) is 6.54 Å². The Kier molecular flexibility index (Phi) is 44.1. The normalized spacial score (nSPS) is 11.0. The van der Waals surface area contributed by atoms with Crippen molar-refractivity contribution in [1.29, 1.82) is 0 Å². The van der Waals surface area contributed by atoms with E-state index in [1.165, 1.54) is 219 Å². The molecular weight excluding hydrogens is 514 g/mol. The molecule has 0 radical (unpaired) electrons. The van der Waals surface area contributed by atoms with E-state index < -0.39 is 5.91 Å². The number of carbonyl (C=O) groups is 1. The maximum atomic E-state index is 9.47. The molecule has 42 heavy (non-hydrogen) atoms. The number of hydrogen-bond acceptors (Lipinski definition) is 3. The average Bonchev–Trinajstić information content (AvgIpc) is 2.99. The van der Waals surface area contributed by atoms with Crippen LogP contribution < -0.4 is 16.8 Å². The zero-order valence-electron chi connectivity index (χ0n) is 29.3. The first-order valence-corrected chi connectivity index (χ1v) is 19.4. The van der Waals surface area contributed by atoms with Gasteiger partial charge in [0.2, 0.25) is 5.91 Å². The summed E-state index contributed by atoms with van der Waals surface area (Å²) in [6.07, 6.45) is 46.7. The van der Waals surface area contributed by atoms with Crippen molar-refractivity contribution in [3.8, 4) is 0 Å². The van der Waals surface area contributed by atoms with Crippen LogP contribution in [0.2, 0.25) is 0 Å². The molecule has 0 aromatic heterocycles. The third kappa shape index (κ3) is 46.4. The molecular formula is C38H81N3O. The largest absolute Gasteiger partial charge is 0.369 e. The molecule has 0 aliphatic heterocycles. The molecule has 0 saturated heterocycles. The smallest absolute Gasteiger partial charge is 0.231 e. The Morgan fingerprint density at radius 1 is 0.381 bits per heavy atom. The zero-order valence-corrected chi connectivity index (χ0v) is 29.3. The highest BCUT2D eigenvalue weighted by Crippen LogP contribution is 2.15. The molecule has 0 rings (SSSR count). The summed E-state index contributed by atoms with van der Waals surface area (Å²) in [4.78, 5) is 9.47. The summed E-state index contributed by atoms with van der Waals surface area (Å²) in [6, 6.07) is 0. The van der Waals surface area contributed by atoms with Crippen molar-refractivity contribution in [2.24, 2.45) is 11.5 Å². The molecule has 0 aromatic carbocycles. The minimum atomic E-state index is -0.468. The minimum Gasteiger partial charge on any atom is -0.369 e. The number of hydrogen-bond donors (Lipinski definition) is 3. The molecule has 0 saturated carbocycles. The van der Waals surface area contributed by atoms with Crippen LogP contribution >= 0.6 is 0 Å². The van der Waals surface area contributed by atoms with Gasteiger partial charge >= 0.3 is 0 Å². The molecule has 0 heterocycles. The fourth-order valence-electron chi connectivity index (χ4n) is 5.72. The van der Waals surface area contributed by atoms with E-state index in [1.54, 1.807) is 0 Å². The van der Waals surface area contributed by atoms with Gasteiger partial charge in [0, 0.05) is 0 Å². The first-order valence-electron chi connectivity index (χ1n) is 19.4. The van der Waals surface area contributed by atoms with Gasteiger partial charge in [-0.1, -0.05) is 206 Å². The van der Waals surface area contributed by atoms with Crippen LogP contribution in [0.1, 0.15) is 219 Å². The van der Waals surface area contributed by atoms with Crippen molar-refractivity contribution in [2.75, 3.05) is 19.6 Å². The van der Waals surface area contributed by atoms with E-state index in [0.717, 1.165) is 0 Å². The second kappa shape index (κ2) is 42.5. The molecule has 254 valence electrons. The number of nitrogens with two attached hydrogens (primary N) is 2. The molecule has 0 spiro atoms. The number of unbranched alkanes of at least 4 members (excludes halogenated alkanes) is 30. The summed E-state index contributed by atoms with van der Waals surface area (Å²) >= 11 is 0. The molecule has 0 atom stereocenters. The van der Waals surface area contributed by atoms with Crippen molar-refractivity contribution in [2.45, 2.75) is 219 Å². The third-order valence-electron chi connectivity index (χ3n) is 8.62. The van der Waals surface area contributed by atoms with Gasteiger partial charge in [0.1, 0.15) is 0 Å². The molecule has 0 aliphatic carbocycles. The Morgan fingerprint density at radius 2 is 0.548 bits per heavy atom. The second-order valence-electron chi connectivity index (χ2n) is 13.0. The molecule has 5 N–H and O–H groups in total. The topological polar surface area (TPSA) is 81.1 Å². The summed E-state index contributed by atoms with van der Waals surface area (Å²) in [5.74, 6) is -0.468. The number of primary amides is 1. The molecule has 4 heteroatoms. The summed E-state index contributed by atoms with van der Waals surface area (Å²) in [5.41, 5.74) is 9.22. The van der Waals surface area contributed by atoms with Crippen molar-refractivity contribution >= 4 is 5.91 Å². The Labute approximate surface area is 266 Å². The van der Waals surface area contributed by atoms with Gasteiger partial charge in [0.25, 0.3) is 0 Å². The van der Waals surface area contributed by atoms with Crippen molar-refractivity contribution in [3.05, 3.63) is 0 Å². The first-order chi connectivity index (χ1) is 20.7. The molecule has 0 aromatic rings. The van der Waals surface area contributed by atoms with Crippen molar-refractivity contribution in [1.82, 2.24) is 5.32 Å². The number of rotatable bonds is 35. The first kappa shape index (κ1) is 43.5. The van der Waals surface area contributed by atoms with Gasteiger partial charge in [-0.2, -0.15) is 0 Å². The third-order valence-corrected chi connectivity index (χ3v) is 8.62. The van der Waals surface area contributed by atoms with Gasteiger partial charge in [-0.3, -0.25) is 4.79 Å². The fraction of sp³-hybridized carbons (Fsp3) is 0.974. The minimum absolute atomic E-state index is 0.0556. The summed E-state index contributed by atoms with van der Waals surface area (Å²) < 4.78 is 0. The van der Waals surface area contributed by atoms with Crippen molar-refractivity contribution < 1.29 is 4.79 Å². The predicted molar refractivity (Wildman–Crippen MR) is 190 cm³/mol. The second-order valence-corrected chi connectivity index (χ2v) is 13.0. The highest BCUT2D eigenvalue weighted by Gasteiger charge is 1.97. The van der Waals surface area contributed by atoms with E-state index >= 15 is 0 Å². The molecule has 4 nitrogen and oxygen atoms in total. The van der Waals surface area contributed by atoms with E-state index in [-0.39, 0.29) is 6.54 Å². The van der Waals surface area contributed by atoms with E-state index in [0.29, 0.717) is 0 Å². The molecule has 1 amide bonds. The molecule has 0 unspecified atom stereocenters. The quantitative estimate of drug-likeness (QED) is 0.0637. The summed E-state index contributed by atoms with van der Waals surface area (Å²) in [6.45, 7) is 7.05. The van der Waals surface area contributed by atoms with Crippen LogP contribution in [0.25, 0.3) is 0 Å². The zero-order chi connectivity index (χ0) is 31.0. The Bertz CT molecular complexity index is 437. The lowest BCUT2D eigenvalue weighted by Gasteiger charge is -2.06. The highest BCUT2D eigenvalue weighted by atomic mass is 16.1.